The summed E-state index contributed by atoms with van der Waals surface area (Å²) >= 11 is 0. The zero-order chi connectivity index (χ0) is 10.6. The molecule has 0 spiro atoms. The van der Waals surface area contributed by atoms with Crippen LogP contribution >= 0.6 is 0 Å². The minimum absolute atomic E-state index is 0.222. The molecule has 1 aliphatic rings. The summed E-state index contributed by atoms with van der Waals surface area (Å²) in [5, 5.41) is 3.44. The smallest absolute Gasteiger partial charge is 0.219 e. The fourth-order valence-electron chi connectivity index (χ4n) is 1.92. The number of amides is 1. The van der Waals surface area contributed by atoms with Gasteiger partial charge in [-0.1, -0.05) is 13.8 Å². The third kappa shape index (κ3) is 3.66. The maximum absolute atomic E-state index is 11.2. The van der Waals surface area contributed by atoms with E-state index < -0.39 is 0 Å². The quantitative estimate of drug-likeness (QED) is 0.740. The van der Waals surface area contributed by atoms with E-state index in [-0.39, 0.29) is 5.91 Å². The lowest BCUT2D eigenvalue weighted by Crippen LogP contribution is -2.42. The van der Waals surface area contributed by atoms with Crippen molar-refractivity contribution in [2.45, 2.75) is 39.7 Å². The highest BCUT2D eigenvalue weighted by molar-refractivity contribution is 5.73. The van der Waals surface area contributed by atoms with Gasteiger partial charge in [-0.3, -0.25) is 4.79 Å². The summed E-state index contributed by atoms with van der Waals surface area (Å²) in [5.41, 5.74) is 0. The van der Waals surface area contributed by atoms with Crippen LogP contribution in [-0.4, -0.2) is 36.5 Å². The van der Waals surface area contributed by atoms with Gasteiger partial charge in [0.05, 0.1) is 0 Å². The van der Waals surface area contributed by atoms with Gasteiger partial charge in [-0.25, -0.2) is 0 Å². The first-order chi connectivity index (χ1) is 6.59. The monoisotopic (exact) mass is 198 g/mol. The number of carbonyl (C=O) groups excluding carboxylic acids is 1. The topological polar surface area (TPSA) is 32.3 Å². The van der Waals surface area contributed by atoms with E-state index in [4.69, 9.17) is 0 Å². The Labute approximate surface area is 86.9 Å². The molecular formula is C11H22N2O. The summed E-state index contributed by atoms with van der Waals surface area (Å²) in [6.45, 7) is 8.92. The highest BCUT2D eigenvalue weighted by Gasteiger charge is 2.21. The molecule has 0 aliphatic carbocycles. The predicted octanol–water partition coefficient (Wildman–Crippen LogP) is 1.24. The largest absolute Gasteiger partial charge is 0.343 e. The number of nitrogens with one attached hydrogen (secondary N) is 1. The number of nitrogens with zero attached hydrogens (tertiary/aromatic N) is 1. The van der Waals surface area contributed by atoms with Crippen molar-refractivity contribution in [1.29, 1.82) is 0 Å². The minimum atomic E-state index is 0.222. The van der Waals surface area contributed by atoms with Gasteiger partial charge < -0.3 is 10.2 Å². The normalized spacial score (nSPS) is 22.9. The first-order valence-corrected chi connectivity index (χ1v) is 5.58. The molecule has 0 aromatic heterocycles. The Hall–Kier alpha value is -0.570. The molecule has 1 fully saturated rings. The van der Waals surface area contributed by atoms with Gasteiger partial charge in [0.1, 0.15) is 0 Å². The van der Waals surface area contributed by atoms with Gasteiger partial charge in [0, 0.05) is 26.1 Å². The van der Waals surface area contributed by atoms with E-state index in [1.54, 1.807) is 6.92 Å². The van der Waals surface area contributed by atoms with E-state index in [1.165, 1.54) is 6.42 Å². The molecule has 1 aliphatic heterocycles. The van der Waals surface area contributed by atoms with Crippen LogP contribution in [-0.2, 0) is 4.79 Å². The Morgan fingerprint density at radius 2 is 2.29 bits per heavy atom. The molecule has 0 bridgehead atoms. The average Bonchev–Trinajstić information content (AvgIpc) is 2.15. The molecule has 1 atom stereocenters. The Morgan fingerprint density at radius 1 is 1.57 bits per heavy atom. The van der Waals surface area contributed by atoms with Crippen molar-refractivity contribution < 1.29 is 4.79 Å². The van der Waals surface area contributed by atoms with E-state index in [1.807, 2.05) is 4.90 Å². The number of hydrogen-bond donors (Lipinski definition) is 1. The van der Waals surface area contributed by atoms with Crippen LogP contribution in [0.2, 0.25) is 0 Å². The second kappa shape index (κ2) is 5.35. The maximum Gasteiger partial charge on any atom is 0.219 e. The molecule has 1 rings (SSSR count). The van der Waals surface area contributed by atoms with Crippen molar-refractivity contribution in [3.05, 3.63) is 0 Å². The van der Waals surface area contributed by atoms with Gasteiger partial charge in [0.2, 0.25) is 5.91 Å². The lowest BCUT2D eigenvalue weighted by atomic mass is 9.98. The molecule has 0 unspecified atom stereocenters. The molecule has 3 heteroatoms. The minimum Gasteiger partial charge on any atom is -0.343 e. The van der Waals surface area contributed by atoms with Crippen LogP contribution in [0.5, 0.6) is 0 Å². The third-order valence-electron chi connectivity index (χ3n) is 2.78. The fourth-order valence-corrected chi connectivity index (χ4v) is 1.92. The van der Waals surface area contributed by atoms with Crippen LogP contribution in [0.15, 0.2) is 0 Å². The number of likely N-dealkylation sites (tertiary alicyclic amines) is 1. The fraction of sp³-hybridized carbons (Fsp3) is 0.909. The van der Waals surface area contributed by atoms with E-state index in [9.17, 15) is 4.79 Å². The molecule has 1 saturated heterocycles. The molecule has 0 aromatic rings. The van der Waals surface area contributed by atoms with Gasteiger partial charge in [-0.05, 0) is 25.3 Å². The zero-order valence-corrected chi connectivity index (χ0v) is 9.55. The molecule has 0 radical (unpaired) electrons. The summed E-state index contributed by atoms with van der Waals surface area (Å²) in [6, 6.07) is 0.544. The Morgan fingerprint density at radius 3 is 2.86 bits per heavy atom. The van der Waals surface area contributed by atoms with E-state index in [0.717, 1.165) is 26.1 Å². The molecule has 3 nitrogen and oxygen atoms in total. The molecule has 14 heavy (non-hydrogen) atoms. The maximum atomic E-state index is 11.2. The molecule has 1 N–H and O–H groups in total. The van der Waals surface area contributed by atoms with Crippen LogP contribution in [0.1, 0.15) is 33.6 Å². The van der Waals surface area contributed by atoms with E-state index in [0.29, 0.717) is 12.0 Å². The Balaban J connectivity index is 2.29. The Kier molecular flexibility index (Phi) is 4.39. The second-order valence-corrected chi connectivity index (χ2v) is 4.54. The lowest BCUT2D eigenvalue weighted by molar-refractivity contribution is -0.130. The number of rotatable bonds is 3. The van der Waals surface area contributed by atoms with Crippen molar-refractivity contribution in [2.75, 3.05) is 19.6 Å². The molecule has 82 valence electrons. The number of piperidine rings is 1. The van der Waals surface area contributed by atoms with Crippen LogP contribution < -0.4 is 5.32 Å². The standard InChI is InChI=1S/C11H22N2O/c1-9(2)12-7-11-5-4-6-13(8-11)10(3)14/h9,11-12H,4-8H2,1-3H3/t11-/m1/s1. The molecule has 1 heterocycles. The van der Waals surface area contributed by atoms with Crippen molar-refractivity contribution in [2.24, 2.45) is 5.92 Å². The lowest BCUT2D eigenvalue weighted by Gasteiger charge is -2.32. The molecule has 1 amide bonds. The van der Waals surface area contributed by atoms with Crippen molar-refractivity contribution in [3.63, 3.8) is 0 Å². The van der Waals surface area contributed by atoms with Gasteiger partial charge in [-0.2, -0.15) is 0 Å². The average molecular weight is 198 g/mol. The van der Waals surface area contributed by atoms with E-state index in [2.05, 4.69) is 19.2 Å². The number of carbonyl (C=O) groups is 1. The van der Waals surface area contributed by atoms with Gasteiger partial charge in [-0.15, -0.1) is 0 Å². The molecular weight excluding hydrogens is 176 g/mol. The third-order valence-corrected chi connectivity index (χ3v) is 2.78. The Bertz CT molecular complexity index is 192. The van der Waals surface area contributed by atoms with E-state index >= 15 is 0 Å². The first-order valence-electron chi connectivity index (χ1n) is 5.58. The summed E-state index contributed by atoms with van der Waals surface area (Å²) in [7, 11) is 0. The highest BCUT2D eigenvalue weighted by Crippen LogP contribution is 2.15. The number of hydrogen-bond acceptors (Lipinski definition) is 2. The second-order valence-electron chi connectivity index (χ2n) is 4.54. The zero-order valence-electron chi connectivity index (χ0n) is 9.55. The summed E-state index contributed by atoms with van der Waals surface area (Å²) in [6.07, 6.45) is 2.41. The van der Waals surface area contributed by atoms with Crippen molar-refractivity contribution >= 4 is 5.91 Å². The first kappa shape index (κ1) is 11.5. The predicted molar refractivity (Wildman–Crippen MR) is 58.1 cm³/mol. The summed E-state index contributed by atoms with van der Waals surface area (Å²) in [5.74, 6) is 0.870. The molecule has 0 aromatic carbocycles. The summed E-state index contributed by atoms with van der Waals surface area (Å²) in [4.78, 5) is 13.2. The summed E-state index contributed by atoms with van der Waals surface area (Å²) < 4.78 is 0. The van der Waals surface area contributed by atoms with Crippen LogP contribution in [0.4, 0.5) is 0 Å². The van der Waals surface area contributed by atoms with Crippen molar-refractivity contribution in [3.8, 4) is 0 Å². The van der Waals surface area contributed by atoms with Gasteiger partial charge >= 0.3 is 0 Å². The van der Waals surface area contributed by atoms with Crippen molar-refractivity contribution in [1.82, 2.24) is 10.2 Å². The van der Waals surface area contributed by atoms with Gasteiger partial charge in [0.15, 0.2) is 0 Å². The van der Waals surface area contributed by atoms with Gasteiger partial charge in [0.25, 0.3) is 0 Å². The highest BCUT2D eigenvalue weighted by atomic mass is 16.2. The van der Waals surface area contributed by atoms with Crippen LogP contribution in [0.3, 0.4) is 0 Å². The SMILES string of the molecule is CC(=O)N1CCC[C@H](CNC(C)C)C1. The van der Waals surface area contributed by atoms with Crippen LogP contribution in [0, 0.1) is 5.92 Å². The van der Waals surface area contributed by atoms with Crippen LogP contribution in [0.25, 0.3) is 0 Å². The molecule has 0 saturated carbocycles.